The molecule has 22 heavy (non-hydrogen) atoms. The average molecular weight is 305 g/mol. The highest BCUT2D eigenvalue weighted by molar-refractivity contribution is 5.89. The zero-order chi connectivity index (χ0) is 16.2. The van der Waals surface area contributed by atoms with E-state index in [1.165, 1.54) is 36.4 Å². The highest BCUT2D eigenvalue weighted by Crippen LogP contribution is 2.29. The lowest BCUT2D eigenvalue weighted by Gasteiger charge is -2.09. The van der Waals surface area contributed by atoms with Gasteiger partial charge in [-0.3, -0.25) is 0 Å². The summed E-state index contributed by atoms with van der Waals surface area (Å²) in [5.74, 6) is -0.700. The smallest absolute Gasteiger partial charge is 0.416 e. The Morgan fingerprint density at radius 2 is 1.86 bits per heavy atom. The fourth-order valence-electron chi connectivity index (χ4n) is 1.79. The minimum Gasteiger partial charge on any atom is -0.457 e. The summed E-state index contributed by atoms with van der Waals surface area (Å²) in [6.45, 7) is -0.278. The normalized spacial score (nSPS) is 10.8. The van der Waals surface area contributed by atoms with Gasteiger partial charge in [0.25, 0.3) is 0 Å². The van der Waals surface area contributed by atoms with Gasteiger partial charge in [0.1, 0.15) is 6.61 Å². The maximum atomic E-state index is 12.6. The Kier molecular flexibility index (Phi) is 4.47. The molecule has 0 aromatic heterocycles. The van der Waals surface area contributed by atoms with E-state index in [-0.39, 0.29) is 17.7 Å². The summed E-state index contributed by atoms with van der Waals surface area (Å²) in [5.41, 5.74) is -0.0910. The van der Waals surface area contributed by atoms with Gasteiger partial charge in [0.15, 0.2) is 0 Å². The summed E-state index contributed by atoms with van der Waals surface area (Å²) in [7, 11) is 0. The molecule has 0 aliphatic heterocycles. The van der Waals surface area contributed by atoms with Crippen LogP contribution in [-0.2, 0) is 17.5 Å². The van der Waals surface area contributed by atoms with Crippen LogP contribution in [-0.4, -0.2) is 5.97 Å². The molecule has 0 bridgehead atoms. The first-order valence-corrected chi connectivity index (χ1v) is 6.23. The number of nitrogens with zero attached hydrogens (tertiary/aromatic N) is 1. The minimum atomic E-state index is -4.44. The van der Waals surface area contributed by atoms with E-state index < -0.39 is 17.7 Å². The molecule has 2 rings (SSSR count). The van der Waals surface area contributed by atoms with E-state index >= 15 is 0 Å². The number of carbonyl (C=O) groups is 1. The van der Waals surface area contributed by atoms with Gasteiger partial charge in [-0.25, -0.2) is 4.79 Å². The lowest BCUT2D eigenvalue weighted by Crippen LogP contribution is -2.08. The SMILES string of the molecule is N#Cc1cccc(C(=O)OCc2cccc(C(F)(F)F)c2)c1. The molecule has 0 fully saturated rings. The summed E-state index contributed by atoms with van der Waals surface area (Å²) >= 11 is 0. The second-order valence-electron chi connectivity index (χ2n) is 4.47. The number of benzene rings is 2. The quantitative estimate of drug-likeness (QED) is 0.807. The van der Waals surface area contributed by atoms with E-state index in [1.807, 2.05) is 6.07 Å². The van der Waals surface area contributed by atoms with Gasteiger partial charge in [-0.2, -0.15) is 18.4 Å². The number of halogens is 3. The number of hydrogen-bond acceptors (Lipinski definition) is 3. The first kappa shape index (κ1) is 15.6. The number of nitriles is 1. The van der Waals surface area contributed by atoms with E-state index in [2.05, 4.69) is 0 Å². The first-order valence-electron chi connectivity index (χ1n) is 6.23. The third-order valence-electron chi connectivity index (χ3n) is 2.85. The minimum absolute atomic E-state index is 0.172. The van der Waals surface area contributed by atoms with Crippen LogP contribution in [0.25, 0.3) is 0 Å². The molecule has 3 nitrogen and oxygen atoms in total. The maximum absolute atomic E-state index is 12.6. The molecule has 0 heterocycles. The van der Waals surface area contributed by atoms with Crippen molar-refractivity contribution in [2.75, 3.05) is 0 Å². The topological polar surface area (TPSA) is 50.1 Å². The molecule has 0 aliphatic carbocycles. The zero-order valence-electron chi connectivity index (χ0n) is 11.2. The van der Waals surface area contributed by atoms with Crippen LogP contribution in [0.1, 0.15) is 27.0 Å². The van der Waals surface area contributed by atoms with Gasteiger partial charge >= 0.3 is 12.1 Å². The lowest BCUT2D eigenvalue weighted by atomic mass is 10.1. The van der Waals surface area contributed by atoms with Crippen molar-refractivity contribution in [3.8, 4) is 6.07 Å². The fraction of sp³-hybridized carbons (Fsp3) is 0.125. The van der Waals surface area contributed by atoms with Crippen LogP contribution in [0.15, 0.2) is 48.5 Å². The van der Waals surface area contributed by atoms with Crippen LogP contribution in [0.4, 0.5) is 13.2 Å². The molecule has 0 saturated carbocycles. The standard InChI is InChI=1S/C16H10F3NO2/c17-16(18,19)14-6-2-4-12(8-14)10-22-15(21)13-5-1-3-11(7-13)9-20/h1-8H,10H2. The number of ether oxygens (including phenoxy) is 1. The van der Waals surface area contributed by atoms with Crippen LogP contribution >= 0.6 is 0 Å². The van der Waals surface area contributed by atoms with Crippen molar-refractivity contribution in [2.45, 2.75) is 12.8 Å². The molecule has 112 valence electrons. The summed E-state index contributed by atoms with van der Waals surface area (Å²) in [6.07, 6.45) is -4.44. The summed E-state index contributed by atoms with van der Waals surface area (Å²) in [5, 5.41) is 8.75. The van der Waals surface area contributed by atoms with E-state index in [1.54, 1.807) is 0 Å². The predicted molar refractivity (Wildman–Crippen MR) is 71.7 cm³/mol. The van der Waals surface area contributed by atoms with Crippen LogP contribution < -0.4 is 0 Å². The number of carbonyl (C=O) groups excluding carboxylic acids is 1. The highest BCUT2D eigenvalue weighted by Gasteiger charge is 2.30. The van der Waals surface area contributed by atoms with Gasteiger partial charge in [-0.15, -0.1) is 0 Å². The fourth-order valence-corrected chi connectivity index (χ4v) is 1.79. The van der Waals surface area contributed by atoms with Crippen molar-refractivity contribution in [1.29, 1.82) is 5.26 Å². The molecule has 6 heteroatoms. The number of alkyl halides is 3. The van der Waals surface area contributed by atoms with Crippen LogP contribution in [0.5, 0.6) is 0 Å². The molecule has 0 radical (unpaired) electrons. The molecule has 0 spiro atoms. The number of esters is 1. The van der Waals surface area contributed by atoms with Crippen molar-refractivity contribution in [3.05, 3.63) is 70.8 Å². The van der Waals surface area contributed by atoms with Gasteiger partial charge in [-0.1, -0.05) is 18.2 Å². The van der Waals surface area contributed by atoms with E-state index in [0.717, 1.165) is 12.1 Å². The molecule has 0 saturated heterocycles. The Morgan fingerprint density at radius 1 is 1.14 bits per heavy atom. The van der Waals surface area contributed by atoms with Gasteiger partial charge in [-0.05, 0) is 35.9 Å². The predicted octanol–water partition coefficient (Wildman–Crippen LogP) is 3.93. The van der Waals surface area contributed by atoms with Crippen LogP contribution in [0, 0.1) is 11.3 Å². The monoisotopic (exact) mass is 305 g/mol. The first-order chi connectivity index (χ1) is 10.4. The highest BCUT2D eigenvalue weighted by atomic mass is 19.4. The average Bonchev–Trinajstić information content (AvgIpc) is 2.52. The number of hydrogen-bond donors (Lipinski definition) is 0. The molecular weight excluding hydrogens is 295 g/mol. The van der Waals surface area contributed by atoms with Crippen molar-refractivity contribution in [1.82, 2.24) is 0 Å². The lowest BCUT2D eigenvalue weighted by molar-refractivity contribution is -0.137. The van der Waals surface area contributed by atoms with Gasteiger partial charge in [0.2, 0.25) is 0 Å². The molecule has 2 aromatic rings. The Bertz CT molecular complexity index is 733. The Labute approximate surface area is 124 Å². The Balaban J connectivity index is 2.07. The molecule has 0 unspecified atom stereocenters. The van der Waals surface area contributed by atoms with E-state index in [4.69, 9.17) is 10.00 Å². The number of rotatable bonds is 3. The van der Waals surface area contributed by atoms with E-state index in [0.29, 0.717) is 5.56 Å². The molecular formula is C16H10F3NO2. The van der Waals surface area contributed by atoms with Gasteiger partial charge in [0.05, 0.1) is 22.8 Å². The second kappa shape index (κ2) is 6.31. The third kappa shape index (κ3) is 3.85. The zero-order valence-corrected chi connectivity index (χ0v) is 11.2. The van der Waals surface area contributed by atoms with Crippen molar-refractivity contribution in [3.63, 3.8) is 0 Å². The molecule has 2 aromatic carbocycles. The maximum Gasteiger partial charge on any atom is 0.416 e. The van der Waals surface area contributed by atoms with Crippen molar-refractivity contribution >= 4 is 5.97 Å². The Hall–Kier alpha value is -2.81. The third-order valence-corrected chi connectivity index (χ3v) is 2.85. The molecule has 0 atom stereocenters. The van der Waals surface area contributed by atoms with Gasteiger partial charge < -0.3 is 4.74 Å². The molecule has 0 amide bonds. The molecule has 0 aliphatic rings. The van der Waals surface area contributed by atoms with Crippen molar-refractivity contribution in [2.24, 2.45) is 0 Å². The summed E-state index contributed by atoms with van der Waals surface area (Å²) < 4.78 is 42.7. The Morgan fingerprint density at radius 3 is 2.55 bits per heavy atom. The molecule has 0 N–H and O–H groups in total. The largest absolute Gasteiger partial charge is 0.457 e. The van der Waals surface area contributed by atoms with E-state index in [9.17, 15) is 18.0 Å². The summed E-state index contributed by atoms with van der Waals surface area (Å²) in [4.78, 5) is 11.8. The van der Waals surface area contributed by atoms with Crippen LogP contribution in [0.3, 0.4) is 0 Å². The van der Waals surface area contributed by atoms with Crippen LogP contribution in [0.2, 0.25) is 0 Å². The van der Waals surface area contributed by atoms with Gasteiger partial charge in [0, 0.05) is 0 Å². The summed E-state index contributed by atoms with van der Waals surface area (Å²) in [6, 6.07) is 12.3. The van der Waals surface area contributed by atoms with Crippen molar-refractivity contribution < 1.29 is 22.7 Å². The second-order valence-corrected chi connectivity index (χ2v) is 4.47.